The average molecular weight is 376 g/mol. The van der Waals surface area contributed by atoms with E-state index in [1.54, 1.807) is 36.7 Å². The molecular formula is C19H20N8O. The van der Waals surface area contributed by atoms with Crippen LogP contribution in [0.1, 0.15) is 26.2 Å². The normalized spacial score (nSPS) is 19.1. The smallest absolute Gasteiger partial charge is 0.249 e. The molecule has 0 radical (unpaired) electrons. The van der Waals surface area contributed by atoms with E-state index < -0.39 is 0 Å². The third-order valence-electron chi connectivity index (χ3n) is 5.30. The molecule has 9 heteroatoms. The monoisotopic (exact) mass is 376 g/mol. The average Bonchev–Trinajstić information content (AvgIpc) is 3.45. The molecule has 1 saturated carbocycles. The number of likely N-dealkylation sites (N-methyl/N-ethyl adjacent to an activating group) is 1. The number of imidazole rings is 1. The molecule has 0 unspecified atom stereocenters. The van der Waals surface area contributed by atoms with Crippen molar-refractivity contribution in [2.75, 3.05) is 16.8 Å². The number of hydrogen-bond acceptors (Lipinski definition) is 7. The van der Waals surface area contributed by atoms with Crippen LogP contribution in [0.2, 0.25) is 0 Å². The SMILES string of the molecule is CC[C@@H]1C(=O)N(C)c2cnc(-n3ccnc3-c3cncnc3)nc2N1C1CC1. The second-order valence-corrected chi connectivity index (χ2v) is 7.09. The number of amides is 1. The summed E-state index contributed by atoms with van der Waals surface area (Å²) in [5, 5.41) is 0. The Morgan fingerprint density at radius 1 is 1.14 bits per heavy atom. The Kier molecular flexibility index (Phi) is 3.81. The van der Waals surface area contributed by atoms with Crippen LogP contribution in [0.3, 0.4) is 0 Å². The lowest BCUT2D eigenvalue weighted by Crippen LogP contribution is -2.53. The molecule has 0 N–H and O–H groups in total. The first-order valence-electron chi connectivity index (χ1n) is 9.41. The van der Waals surface area contributed by atoms with Gasteiger partial charge in [-0.25, -0.2) is 19.9 Å². The Morgan fingerprint density at radius 3 is 2.64 bits per heavy atom. The van der Waals surface area contributed by atoms with Crippen molar-refractivity contribution in [3.63, 3.8) is 0 Å². The van der Waals surface area contributed by atoms with Crippen LogP contribution in [0, 0.1) is 0 Å². The number of carbonyl (C=O) groups is 1. The van der Waals surface area contributed by atoms with E-state index in [0.29, 0.717) is 17.8 Å². The van der Waals surface area contributed by atoms with Crippen molar-refractivity contribution in [1.82, 2.24) is 29.5 Å². The van der Waals surface area contributed by atoms with Crippen molar-refractivity contribution in [2.45, 2.75) is 38.3 Å². The van der Waals surface area contributed by atoms with Gasteiger partial charge in [-0.3, -0.25) is 9.36 Å². The number of carbonyl (C=O) groups excluding carboxylic acids is 1. The highest BCUT2D eigenvalue weighted by atomic mass is 16.2. The second kappa shape index (κ2) is 6.36. The molecule has 0 saturated heterocycles. The number of rotatable bonds is 4. The van der Waals surface area contributed by atoms with E-state index in [1.807, 2.05) is 17.7 Å². The number of fused-ring (bicyclic) bond motifs is 1. The first-order valence-corrected chi connectivity index (χ1v) is 9.41. The molecule has 28 heavy (non-hydrogen) atoms. The van der Waals surface area contributed by atoms with Crippen LogP contribution in [-0.4, -0.2) is 54.5 Å². The highest BCUT2D eigenvalue weighted by Crippen LogP contribution is 2.41. The summed E-state index contributed by atoms with van der Waals surface area (Å²) in [5.74, 6) is 2.09. The first kappa shape index (κ1) is 16.8. The molecular weight excluding hydrogens is 356 g/mol. The van der Waals surface area contributed by atoms with Crippen molar-refractivity contribution in [3.05, 3.63) is 37.3 Å². The molecule has 4 heterocycles. The molecule has 9 nitrogen and oxygen atoms in total. The molecule has 0 spiro atoms. The zero-order chi connectivity index (χ0) is 19.3. The third kappa shape index (κ3) is 2.54. The molecule has 0 aromatic carbocycles. The van der Waals surface area contributed by atoms with Crippen LogP contribution in [0.4, 0.5) is 11.5 Å². The van der Waals surface area contributed by atoms with Crippen LogP contribution in [0.15, 0.2) is 37.3 Å². The van der Waals surface area contributed by atoms with Gasteiger partial charge in [0.25, 0.3) is 0 Å². The number of nitrogens with zero attached hydrogens (tertiary/aromatic N) is 8. The van der Waals surface area contributed by atoms with E-state index in [-0.39, 0.29) is 11.9 Å². The molecule has 3 aromatic rings. The summed E-state index contributed by atoms with van der Waals surface area (Å²) in [5.41, 5.74) is 1.53. The quantitative estimate of drug-likeness (QED) is 0.686. The van der Waals surface area contributed by atoms with Gasteiger partial charge in [0.15, 0.2) is 5.82 Å². The maximum Gasteiger partial charge on any atom is 0.249 e. The van der Waals surface area contributed by atoms with Gasteiger partial charge < -0.3 is 9.80 Å². The topological polar surface area (TPSA) is 92.9 Å². The number of anilines is 2. The Morgan fingerprint density at radius 2 is 1.93 bits per heavy atom. The zero-order valence-corrected chi connectivity index (χ0v) is 15.7. The Hall–Kier alpha value is -3.36. The van der Waals surface area contributed by atoms with Crippen LogP contribution in [0.25, 0.3) is 17.3 Å². The first-order chi connectivity index (χ1) is 13.7. The summed E-state index contributed by atoms with van der Waals surface area (Å²) >= 11 is 0. The van der Waals surface area contributed by atoms with Gasteiger partial charge in [0, 0.05) is 37.9 Å². The van der Waals surface area contributed by atoms with E-state index in [9.17, 15) is 4.79 Å². The molecule has 5 rings (SSSR count). The van der Waals surface area contributed by atoms with E-state index in [4.69, 9.17) is 4.98 Å². The number of aromatic nitrogens is 6. The van der Waals surface area contributed by atoms with Gasteiger partial charge in [0.2, 0.25) is 11.9 Å². The highest BCUT2D eigenvalue weighted by molar-refractivity contribution is 6.04. The van der Waals surface area contributed by atoms with Crippen molar-refractivity contribution < 1.29 is 4.79 Å². The van der Waals surface area contributed by atoms with Crippen LogP contribution >= 0.6 is 0 Å². The van der Waals surface area contributed by atoms with Crippen LogP contribution in [0.5, 0.6) is 0 Å². The Labute approximate surface area is 162 Å². The fraction of sp³-hybridized carbons (Fsp3) is 0.368. The highest BCUT2D eigenvalue weighted by Gasteiger charge is 2.44. The molecule has 1 atom stereocenters. The molecule has 1 aliphatic heterocycles. The van der Waals surface area contributed by atoms with Crippen molar-refractivity contribution in [2.24, 2.45) is 0 Å². The van der Waals surface area contributed by atoms with Gasteiger partial charge in [-0.1, -0.05) is 6.92 Å². The van der Waals surface area contributed by atoms with Gasteiger partial charge in [-0.2, -0.15) is 4.98 Å². The van der Waals surface area contributed by atoms with Gasteiger partial charge in [0.05, 0.1) is 11.8 Å². The summed E-state index contributed by atoms with van der Waals surface area (Å²) in [6.45, 7) is 2.04. The van der Waals surface area contributed by atoms with Crippen molar-refractivity contribution in [3.8, 4) is 17.3 Å². The largest absolute Gasteiger partial charge is 0.340 e. The lowest BCUT2D eigenvalue weighted by molar-refractivity contribution is -0.120. The summed E-state index contributed by atoms with van der Waals surface area (Å²) in [6, 6.07) is 0.186. The summed E-state index contributed by atoms with van der Waals surface area (Å²) in [7, 11) is 1.79. The predicted molar refractivity (Wildman–Crippen MR) is 103 cm³/mol. The molecule has 0 bridgehead atoms. The minimum atomic E-state index is -0.183. The van der Waals surface area contributed by atoms with E-state index in [1.165, 1.54) is 6.33 Å². The fourth-order valence-corrected chi connectivity index (χ4v) is 3.75. The maximum absolute atomic E-state index is 12.8. The number of hydrogen-bond donors (Lipinski definition) is 0. The second-order valence-electron chi connectivity index (χ2n) is 7.09. The van der Waals surface area contributed by atoms with Crippen molar-refractivity contribution >= 4 is 17.4 Å². The van der Waals surface area contributed by atoms with Crippen LogP contribution in [-0.2, 0) is 4.79 Å². The zero-order valence-electron chi connectivity index (χ0n) is 15.7. The maximum atomic E-state index is 12.8. The van der Waals surface area contributed by atoms with Crippen LogP contribution < -0.4 is 9.80 Å². The predicted octanol–water partition coefficient (Wildman–Crippen LogP) is 1.84. The lowest BCUT2D eigenvalue weighted by atomic mass is 10.1. The molecule has 2 aliphatic rings. The molecule has 142 valence electrons. The lowest BCUT2D eigenvalue weighted by Gasteiger charge is -2.40. The van der Waals surface area contributed by atoms with E-state index >= 15 is 0 Å². The van der Waals surface area contributed by atoms with Gasteiger partial charge >= 0.3 is 0 Å². The third-order valence-corrected chi connectivity index (χ3v) is 5.30. The van der Waals surface area contributed by atoms with Gasteiger partial charge in [-0.15, -0.1) is 0 Å². The standard InChI is InChI=1S/C19H20N8O/c1-3-14-18(28)25(2)15-10-23-19(24-17(15)27(14)13-4-5-13)26-7-6-22-16(26)12-8-20-11-21-9-12/h6-11,13-14H,3-5H2,1-2H3/t14-/m1/s1. The molecule has 1 aliphatic carbocycles. The summed E-state index contributed by atoms with van der Waals surface area (Å²) < 4.78 is 1.82. The Bertz CT molecular complexity index is 1030. The summed E-state index contributed by atoms with van der Waals surface area (Å²) in [6.07, 6.45) is 13.1. The Balaban J connectivity index is 1.63. The van der Waals surface area contributed by atoms with E-state index in [2.05, 4.69) is 24.8 Å². The van der Waals surface area contributed by atoms with Gasteiger partial charge in [-0.05, 0) is 19.3 Å². The fourth-order valence-electron chi connectivity index (χ4n) is 3.75. The molecule has 3 aromatic heterocycles. The van der Waals surface area contributed by atoms with Crippen molar-refractivity contribution in [1.29, 1.82) is 0 Å². The molecule has 1 amide bonds. The van der Waals surface area contributed by atoms with E-state index in [0.717, 1.165) is 36.3 Å². The minimum Gasteiger partial charge on any atom is -0.340 e. The minimum absolute atomic E-state index is 0.100. The summed E-state index contributed by atoms with van der Waals surface area (Å²) in [4.78, 5) is 38.6. The van der Waals surface area contributed by atoms with Gasteiger partial charge in [0.1, 0.15) is 23.9 Å². The molecule has 1 fully saturated rings.